The average Bonchev–Trinajstić information content (AvgIpc) is 3.05. The van der Waals surface area contributed by atoms with Crippen molar-refractivity contribution in [3.63, 3.8) is 0 Å². The maximum absolute atomic E-state index is 12.0. The first-order valence-electron chi connectivity index (χ1n) is 21.1. The molecule has 0 rings (SSSR count). The molecule has 2 heteroatoms. The van der Waals surface area contributed by atoms with Gasteiger partial charge in [0.15, 0.2) is 0 Å². The second kappa shape index (κ2) is 41.2. The lowest BCUT2D eigenvalue weighted by atomic mass is 10.0. The van der Waals surface area contributed by atoms with Gasteiger partial charge in [0.05, 0.1) is 6.61 Å². The zero-order chi connectivity index (χ0) is 32.6. The number of hydrogen-bond donors (Lipinski definition) is 0. The van der Waals surface area contributed by atoms with Crippen LogP contribution in [-0.2, 0) is 9.53 Å². The number of ether oxygens (including phenoxy) is 1. The maximum atomic E-state index is 12.0. The second-order valence-electron chi connectivity index (χ2n) is 14.3. The molecule has 0 atom stereocenters. The van der Waals surface area contributed by atoms with Gasteiger partial charge >= 0.3 is 5.97 Å². The van der Waals surface area contributed by atoms with Crippen LogP contribution in [-0.4, -0.2) is 12.6 Å². The van der Waals surface area contributed by atoms with Crippen LogP contribution in [0.2, 0.25) is 0 Å². The summed E-state index contributed by atoms with van der Waals surface area (Å²) in [6, 6.07) is 0. The summed E-state index contributed by atoms with van der Waals surface area (Å²) >= 11 is 0. The maximum Gasteiger partial charge on any atom is 0.305 e. The molecule has 0 saturated carbocycles. The summed E-state index contributed by atoms with van der Waals surface area (Å²) in [5.41, 5.74) is 0. The molecule has 0 aromatic carbocycles. The molecule has 0 fully saturated rings. The Balaban J connectivity index is 3.16. The lowest BCUT2D eigenvalue weighted by Crippen LogP contribution is -2.05. The SMILES string of the molecule is CCCCCCCC/C=C\CCCCCCCC(=O)OCCCCCCCCCCCCCCCCCCCCCCCCC. The molecule has 0 aromatic rings. The molecule has 0 radical (unpaired) electrons. The van der Waals surface area contributed by atoms with E-state index in [1.54, 1.807) is 0 Å². The molecule has 0 unspecified atom stereocenters. The highest BCUT2D eigenvalue weighted by Gasteiger charge is 2.02. The van der Waals surface area contributed by atoms with Crippen LogP contribution in [0.1, 0.15) is 251 Å². The Morgan fingerprint density at radius 1 is 0.356 bits per heavy atom. The van der Waals surface area contributed by atoms with E-state index in [9.17, 15) is 4.79 Å². The largest absolute Gasteiger partial charge is 0.466 e. The standard InChI is InChI=1S/C43H84O2/c1-3-5-7-9-11-13-15-17-19-20-21-22-23-24-25-26-28-30-32-34-36-38-40-42-45-43(44)41-39-37-35-33-31-29-27-18-16-14-12-10-8-6-4-2/h18,27H,3-17,19-26,28-42H2,1-2H3/b27-18-. The lowest BCUT2D eigenvalue weighted by Gasteiger charge is -2.06. The summed E-state index contributed by atoms with van der Waals surface area (Å²) in [5.74, 6) is 0.0198. The normalized spacial score (nSPS) is 11.6. The van der Waals surface area contributed by atoms with Crippen molar-refractivity contribution in [3.8, 4) is 0 Å². The molecule has 0 amide bonds. The van der Waals surface area contributed by atoms with Crippen molar-refractivity contribution in [1.29, 1.82) is 0 Å². The Hall–Kier alpha value is -0.790. The van der Waals surface area contributed by atoms with Gasteiger partial charge in [-0.25, -0.2) is 0 Å². The van der Waals surface area contributed by atoms with Crippen molar-refractivity contribution >= 4 is 5.97 Å². The summed E-state index contributed by atoms with van der Waals surface area (Å²) < 4.78 is 5.46. The van der Waals surface area contributed by atoms with Gasteiger partial charge in [-0.05, 0) is 38.5 Å². The van der Waals surface area contributed by atoms with Crippen LogP contribution in [0.3, 0.4) is 0 Å². The molecular formula is C43H84O2. The summed E-state index contributed by atoms with van der Waals surface area (Å²) in [6.45, 7) is 5.21. The van der Waals surface area contributed by atoms with Crippen LogP contribution in [0, 0.1) is 0 Å². The van der Waals surface area contributed by atoms with Crippen molar-refractivity contribution in [2.75, 3.05) is 6.61 Å². The molecule has 0 aliphatic heterocycles. The first-order valence-corrected chi connectivity index (χ1v) is 21.1. The van der Waals surface area contributed by atoms with Crippen molar-refractivity contribution in [2.24, 2.45) is 0 Å². The molecule has 0 spiro atoms. The molecule has 2 nitrogen and oxygen atoms in total. The molecule has 268 valence electrons. The highest BCUT2D eigenvalue weighted by Crippen LogP contribution is 2.16. The topological polar surface area (TPSA) is 26.3 Å². The lowest BCUT2D eigenvalue weighted by molar-refractivity contribution is -0.143. The smallest absolute Gasteiger partial charge is 0.305 e. The van der Waals surface area contributed by atoms with Gasteiger partial charge in [0.2, 0.25) is 0 Å². The van der Waals surface area contributed by atoms with E-state index in [0.717, 1.165) is 19.3 Å². The second-order valence-corrected chi connectivity index (χ2v) is 14.3. The monoisotopic (exact) mass is 633 g/mol. The van der Waals surface area contributed by atoms with Crippen LogP contribution >= 0.6 is 0 Å². The van der Waals surface area contributed by atoms with E-state index in [1.807, 2.05) is 0 Å². The van der Waals surface area contributed by atoms with Crippen LogP contribution in [0.25, 0.3) is 0 Å². The van der Waals surface area contributed by atoms with Crippen LogP contribution < -0.4 is 0 Å². The average molecular weight is 633 g/mol. The summed E-state index contributed by atoms with van der Waals surface area (Å²) in [5, 5.41) is 0. The summed E-state index contributed by atoms with van der Waals surface area (Å²) in [7, 11) is 0. The third-order valence-corrected chi connectivity index (χ3v) is 9.65. The minimum Gasteiger partial charge on any atom is -0.466 e. The minimum absolute atomic E-state index is 0.0198. The molecule has 0 aliphatic rings. The van der Waals surface area contributed by atoms with Gasteiger partial charge in [-0.3, -0.25) is 4.79 Å². The number of unbranched alkanes of at least 4 members (excludes halogenated alkanes) is 33. The third kappa shape index (κ3) is 41.2. The van der Waals surface area contributed by atoms with E-state index in [4.69, 9.17) is 4.74 Å². The molecule has 0 saturated heterocycles. The molecule has 0 aromatic heterocycles. The van der Waals surface area contributed by atoms with Crippen molar-refractivity contribution in [2.45, 2.75) is 251 Å². The Morgan fingerprint density at radius 2 is 0.622 bits per heavy atom. The van der Waals surface area contributed by atoms with Gasteiger partial charge in [-0.1, -0.05) is 219 Å². The van der Waals surface area contributed by atoms with Gasteiger partial charge in [-0.2, -0.15) is 0 Å². The number of rotatable bonds is 39. The predicted molar refractivity (Wildman–Crippen MR) is 202 cm³/mol. The number of carbonyl (C=O) groups excluding carboxylic acids is 1. The van der Waals surface area contributed by atoms with Crippen molar-refractivity contribution in [1.82, 2.24) is 0 Å². The first-order chi connectivity index (χ1) is 22.3. The number of hydrogen-bond acceptors (Lipinski definition) is 2. The molecule has 0 aliphatic carbocycles. The first kappa shape index (κ1) is 44.2. The summed E-state index contributed by atoms with van der Waals surface area (Å²) in [6.07, 6.45) is 54.5. The van der Waals surface area contributed by atoms with E-state index < -0.39 is 0 Å². The molecule has 0 heterocycles. The zero-order valence-electron chi connectivity index (χ0n) is 31.3. The van der Waals surface area contributed by atoms with Crippen LogP contribution in [0.15, 0.2) is 12.2 Å². The zero-order valence-corrected chi connectivity index (χ0v) is 31.3. The number of allylic oxidation sites excluding steroid dienone is 2. The number of esters is 1. The fourth-order valence-electron chi connectivity index (χ4n) is 6.49. The molecule has 0 N–H and O–H groups in total. The van der Waals surface area contributed by atoms with E-state index in [-0.39, 0.29) is 5.97 Å². The highest BCUT2D eigenvalue weighted by atomic mass is 16.5. The Labute approximate surface area is 285 Å². The van der Waals surface area contributed by atoms with Gasteiger partial charge in [-0.15, -0.1) is 0 Å². The highest BCUT2D eigenvalue weighted by molar-refractivity contribution is 5.69. The van der Waals surface area contributed by atoms with Crippen molar-refractivity contribution in [3.05, 3.63) is 12.2 Å². The molecule has 45 heavy (non-hydrogen) atoms. The van der Waals surface area contributed by atoms with Gasteiger partial charge in [0, 0.05) is 6.42 Å². The summed E-state index contributed by atoms with van der Waals surface area (Å²) in [4.78, 5) is 12.0. The van der Waals surface area contributed by atoms with Crippen molar-refractivity contribution < 1.29 is 9.53 Å². The minimum atomic E-state index is 0.0198. The van der Waals surface area contributed by atoms with Gasteiger partial charge < -0.3 is 4.74 Å². The molecular weight excluding hydrogens is 548 g/mol. The van der Waals surface area contributed by atoms with Gasteiger partial charge in [0.25, 0.3) is 0 Å². The predicted octanol–water partition coefficient (Wildman–Crippen LogP) is 15.6. The van der Waals surface area contributed by atoms with E-state index >= 15 is 0 Å². The molecule has 0 bridgehead atoms. The van der Waals surface area contributed by atoms with Gasteiger partial charge in [0.1, 0.15) is 0 Å². The van der Waals surface area contributed by atoms with E-state index in [2.05, 4.69) is 26.0 Å². The Morgan fingerprint density at radius 3 is 0.956 bits per heavy atom. The van der Waals surface area contributed by atoms with Crippen LogP contribution in [0.4, 0.5) is 0 Å². The number of carbonyl (C=O) groups is 1. The fraction of sp³-hybridized carbons (Fsp3) is 0.930. The third-order valence-electron chi connectivity index (χ3n) is 9.65. The van der Waals surface area contributed by atoms with E-state index in [1.165, 1.54) is 212 Å². The van der Waals surface area contributed by atoms with E-state index in [0.29, 0.717) is 13.0 Å². The van der Waals surface area contributed by atoms with Crippen LogP contribution in [0.5, 0.6) is 0 Å². The fourth-order valence-corrected chi connectivity index (χ4v) is 6.49. The Bertz CT molecular complexity index is 568. The Kier molecular flexibility index (Phi) is 40.5. The quantitative estimate of drug-likeness (QED) is 0.0383.